The van der Waals surface area contributed by atoms with E-state index in [1.165, 1.54) is 23.1 Å². The van der Waals surface area contributed by atoms with Gasteiger partial charge in [0, 0.05) is 39.6 Å². The largest absolute Gasteiger partial charge is 0.374 e. The normalized spacial score (nSPS) is 12.2. The lowest BCUT2D eigenvalue weighted by Gasteiger charge is -2.19. The van der Waals surface area contributed by atoms with Gasteiger partial charge >= 0.3 is 0 Å². The zero-order chi connectivity index (χ0) is 21.1. The number of nitrogen functional groups attached to an aromatic ring is 1. The fraction of sp³-hybridized carbons (Fsp3) is 0.150. The van der Waals surface area contributed by atoms with Gasteiger partial charge < -0.3 is 16.0 Å². The second kappa shape index (κ2) is 9.26. The molecule has 0 saturated heterocycles. The molecule has 0 unspecified atom stereocenters. The van der Waals surface area contributed by atoms with E-state index in [9.17, 15) is 4.79 Å². The van der Waals surface area contributed by atoms with E-state index in [1.807, 2.05) is 36.5 Å². The molecule has 6 nitrogen and oxygen atoms in total. The number of amides is 1. The molecular formula is C20H17Cl2N5OS2. The monoisotopic (exact) mass is 477 g/mol. The van der Waals surface area contributed by atoms with Gasteiger partial charge in [-0.15, -0.1) is 10.2 Å². The number of benzene rings is 2. The summed E-state index contributed by atoms with van der Waals surface area (Å²) in [5, 5.41) is 13.3. The minimum absolute atomic E-state index is 0.108. The maximum Gasteiger partial charge on any atom is 0.230 e. The number of aromatic nitrogens is 3. The molecule has 30 heavy (non-hydrogen) atoms. The molecule has 4 aromatic rings. The van der Waals surface area contributed by atoms with Crippen LogP contribution in [0.4, 0.5) is 5.13 Å². The SMILES string of the molecule is Nc1nnc(SCC(=O)NC[C@@H](c2ccc(Cl)cc2Cl)c2c[nH]c3ccccc23)s1. The van der Waals surface area contributed by atoms with Gasteiger partial charge in [-0.1, -0.05) is 70.6 Å². The quantitative estimate of drug-likeness (QED) is 0.327. The number of fused-ring (bicyclic) bond motifs is 1. The molecule has 154 valence electrons. The van der Waals surface area contributed by atoms with Crippen molar-refractivity contribution < 1.29 is 4.79 Å². The number of H-pyrrole nitrogens is 1. The molecule has 2 aromatic carbocycles. The van der Waals surface area contributed by atoms with E-state index in [1.54, 1.807) is 6.07 Å². The molecule has 2 heterocycles. The van der Waals surface area contributed by atoms with Crippen molar-refractivity contribution in [1.82, 2.24) is 20.5 Å². The first-order valence-electron chi connectivity index (χ1n) is 9.00. The second-order valence-electron chi connectivity index (χ2n) is 6.51. The number of rotatable bonds is 7. The van der Waals surface area contributed by atoms with E-state index in [0.29, 0.717) is 26.1 Å². The van der Waals surface area contributed by atoms with E-state index in [4.69, 9.17) is 28.9 Å². The van der Waals surface area contributed by atoms with Crippen LogP contribution in [-0.2, 0) is 4.79 Å². The highest BCUT2D eigenvalue weighted by molar-refractivity contribution is 8.01. The Balaban J connectivity index is 1.55. The van der Waals surface area contributed by atoms with Gasteiger partial charge in [0.05, 0.1) is 5.75 Å². The topological polar surface area (TPSA) is 96.7 Å². The van der Waals surface area contributed by atoms with Crippen LogP contribution in [0.15, 0.2) is 53.0 Å². The molecule has 0 aliphatic rings. The lowest BCUT2D eigenvalue weighted by molar-refractivity contribution is -0.118. The first-order chi connectivity index (χ1) is 14.5. The minimum atomic E-state index is -0.142. The number of thioether (sulfide) groups is 1. The summed E-state index contributed by atoms with van der Waals surface area (Å²) in [7, 11) is 0. The van der Waals surface area contributed by atoms with Crippen molar-refractivity contribution >= 4 is 68.2 Å². The molecule has 10 heteroatoms. The Labute approximate surface area is 191 Å². The molecule has 0 aliphatic carbocycles. The maximum atomic E-state index is 12.5. The summed E-state index contributed by atoms with van der Waals surface area (Å²) in [4.78, 5) is 15.8. The van der Waals surface area contributed by atoms with Crippen molar-refractivity contribution in [3.05, 3.63) is 69.8 Å². The Hall–Kier alpha value is -2.26. The molecule has 0 aliphatic heterocycles. The van der Waals surface area contributed by atoms with Crippen molar-refractivity contribution in [2.24, 2.45) is 0 Å². The van der Waals surface area contributed by atoms with Crippen LogP contribution in [0.1, 0.15) is 17.0 Å². The van der Waals surface area contributed by atoms with Gasteiger partial charge in [-0.05, 0) is 29.3 Å². The molecule has 0 spiro atoms. The number of para-hydroxylation sites is 1. The van der Waals surface area contributed by atoms with Gasteiger partial charge in [0.25, 0.3) is 0 Å². The standard InChI is InChI=1S/C20H17Cl2N5OS2/c21-11-5-6-12(16(22)7-11)14(15-8-24-17-4-2-1-3-13(15)17)9-25-18(28)10-29-20-27-26-19(23)30-20/h1-8,14,24H,9-10H2,(H2,23,26)(H,25,28)/t14-/m0/s1. The van der Waals surface area contributed by atoms with Gasteiger partial charge in [0.1, 0.15) is 0 Å². The fourth-order valence-corrected chi connectivity index (χ4v) is 5.23. The Morgan fingerprint density at radius 2 is 2.03 bits per heavy atom. The summed E-state index contributed by atoms with van der Waals surface area (Å²) in [6, 6.07) is 13.5. The molecule has 0 fully saturated rings. The third kappa shape index (κ3) is 4.73. The summed E-state index contributed by atoms with van der Waals surface area (Å²) in [6.45, 7) is 0.390. The van der Waals surface area contributed by atoms with Gasteiger partial charge in [-0.25, -0.2) is 0 Å². The van der Waals surface area contributed by atoms with E-state index < -0.39 is 0 Å². The predicted octanol–water partition coefficient (Wildman–Crippen LogP) is 4.95. The molecule has 4 N–H and O–H groups in total. The van der Waals surface area contributed by atoms with Crippen LogP contribution in [0.2, 0.25) is 10.0 Å². The van der Waals surface area contributed by atoms with E-state index in [0.717, 1.165) is 22.0 Å². The third-order valence-corrected chi connectivity index (χ3v) is 7.03. The number of nitrogens with two attached hydrogens (primary N) is 1. The molecule has 1 amide bonds. The number of carbonyl (C=O) groups is 1. The van der Waals surface area contributed by atoms with Crippen molar-refractivity contribution in [3.63, 3.8) is 0 Å². The molecule has 0 bridgehead atoms. The summed E-state index contributed by atoms with van der Waals surface area (Å²) in [5.74, 6) is -0.0235. The Morgan fingerprint density at radius 3 is 2.80 bits per heavy atom. The average molecular weight is 478 g/mol. The summed E-state index contributed by atoms with van der Waals surface area (Å²) >= 11 is 15.2. The molecular weight excluding hydrogens is 461 g/mol. The number of halogens is 2. The Morgan fingerprint density at radius 1 is 1.20 bits per heavy atom. The van der Waals surface area contributed by atoms with Crippen LogP contribution in [0, 0.1) is 0 Å². The molecule has 1 atom stereocenters. The third-order valence-electron chi connectivity index (χ3n) is 4.59. The lowest BCUT2D eigenvalue weighted by atomic mass is 9.90. The fourth-order valence-electron chi connectivity index (χ4n) is 3.23. The summed E-state index contributed by atoms with van der Waals surface area (Å²) < 4.78 is 0.663. The van der Waals surface area contributed by atoms with Gasteiger partial charge in [0.15, 0.2) is 4.34 Å². The van der Waals surface area contributed by atoms with E-state index >= 15 is 0 Å². The van der Waals surface area contributed by atoms with Crippen molar-refractivity contribution in [2.75, 3.05) is 18.0 Å². The zero-order valence-corrected chi connectivity index (χ0v) is 18.7. The number of nitrogens with zero attached hydrogens (tertiary/aromatic N) is 2. The summed E-state index contributed by atoms with van der Waals surface area (Å²) in [5.41, 5.74) is 8.56. The molecule has 4 rings (SSSR count). The van der Waals surface area contributed by atoms with Gasteiger partial charge in [0.2, 0.25) is 11.0 Å². The number of hydrogen-bond acceptors (Lipinski definition) is 6. The number of carbonyl (C=O) groups excluding carboxylic acids is 1. The highest BCUT2D eigenvalue weighted by atomic mass is 35.5. The summed E-state index contributed by atoms with van der Waals surface area (Å²) in [6.07, 6.45) is 1.96. The minimum Gasteiger partial charge on any atom is -0.374 e. The maximum absolute atomic E-state index is 12.5. The van der Waals surface area contributed by atoms with Crippen molar-refractivity contribution in [1.29, 1.82) is 0 Å². The van der Waals surface area contributed by atoms with Crippen LogP contribution in [0.25, 0.3) is 10.9 Å². The number of anilines is 1. The number of nitrogens with one attached hydrogen (secondary N) is 2. The zero-order valence-electron chi connectivity index (χ0n) is 15.6. The van der Waals surface area contributed by atoms with Crippen LogP contribution < -0.4 is 11.1 Å². The first kappa shape index (κ1) is 21.0. The van der Waals surface area contributed by atoms with Gasteiger partial charge in [-0.3, -0.25) is 4.79 Å². The molecule has 0 saturated carbocycles. The first-order valence-corrected chi connectivity index (χ1v) is 11.6. The Kier molecular flexibility index (Phi) is 6.48. The number of aromatic amines is 1. The van der Waals surface area contributed by atoms with Gasteiger partial charge in [-0.2, -0.15) is 0 Å². The van der Waals surface area contributed by atoms with Crippen LogP contribution >= 0.6 is 46.3 Å². The predicted molar refractivity (Wildman–Crippen MR) is 125 cm³/mol. The van der Waals surface area contributed by atoms with Crippen LogP contribution in [0.3, 0.4) is 0 Å². The average Bonchev–Trinajstić information content (AvgIpc) is 3.34. The number of hydrogen-bond donors (Lipinski definition) is 3. The highest BCUT2D eigenvalue weighted by Gasteiger charge is 2.21. The smallest absolute Gasteiger partial charge is 0.230 e. The second-order valence-corrected chi connectivity index (χ2v) is 9.58. The van der Waals surface area contributed by atoms with E-state index in [2.05, 4.69) is 26.6 Å². The van der Waals surface area contributed by atoms with Crippen LogP contribution in [0.5, 0.6) is 0 Å². The molecule has 2 aromatic heterocycles. The highest BCUT2D eigenvalue weighted by Crippen LogP contribution is 2.35. The Bertz CT molecular complexity index is 1190. The lowest BCUT2D eigenvalue weighted by Crippen LogP contribution is -2.30. The molecule has 0 radical (unpaired) electrons. The van der Waals surface area contributed by atoms with Crippen molar-refractivity contribution in [2.45, 2.75) is 10.3 Å². The van der Waals surface area contributed by atoms with E-state index in [-0.39, 0.29) is 17.6 Å². The van der Waals surface area contributed by atoms with Crippen molar-refractivity contribution in [3.8, 4) is 0 Å². The van der Waals surface area contributed by atoms with Crippen LogP contribution in [-0.4, -0.2) is 33.4 Å².